The Morgan fingerprint density at radius 1 is 1.47 bits per heavy atom. The monoisotopic (exact) mass is 239 g/mol. The zero-order chi connectivity index (χ0) is 10.7. The number of aromatic nitrogens is 1. The molecule has 0 spiro atoms. The molecule has 4 heteroatoms. The molecule has 1 heterocycles. The third-order valence-corrected chi connectivity index (χ3v) is 3.93. The van der Waals surface area contributed by atoms with Crippen molar-refractivity contribution in [1.29, 1.82) is 0 Å². The van der Waals surface area contributed by atoms with E-state index in [2.05, 4.69) is 4.98 Å². The van der Waals surface area contributed by atoms with E-state index in [1.807, 2.05) is 19.2 Å². The number of hydrogen-bond acceptors (Lipinski definition) is 3. The molecule has 2 aromatic rings. The maximum Gasteiger partial charge on any atom is 0.124 e. The van der Waals surface area contributed by atoms with E-state index in [0.717, 1.165) is 15.7 Å². The van der Waals surface area contributed by atoms with Gasteiger partial charge in [-0.1, -0.05) is 6.07 Å². The number of halogens is 1. The molecular formula is C11H10FNS2. The Morgan fingerprint density at radius 2 is 2.33 bits per heavy atom. The van der Waals surface area contributed by atoms with Crippen LogP contribution < -0.4 is 0 Å². The number of benzene rings is 1. The second kappa shape index (κ2) is 4.77. The van der Waals surface area contributed by atoms with Gasteiger partial charge in [0.05, 0.1) is 5.75 Å². The van der Waals surface area contributed by atoms with Crippen molar-refractivity contribution in [3.63, 3.8) is 0 Å². The molecule has 0 radical (unpaired) electrons. The van der Waals surface area contributed by atoms with Crippen molar-refractivity contribution in [3.05, 3.63) is 46.2 Å². The van der Waals surface area contributed by atoms with E-state index >= 15 is 0 Å². The summed E-state index contributed by atoms with van der Waals surface area (Å²) in [5.41, 5.74) is 0. The maximum absolute atomic E-state index is 12.9. The summed E-state index contributed by atoms with van der Waals surface area (Å²) in [6.07, 6.45) is 1.87. The number of rotatable bonds is 3. The number of thiazole rings is 1. The maximum atomic E-state index is 12.9. The molecule has 0 fully saturated rings. The van der Waals surface area contributed by atoms with Crippen molar-refractivity contribution in [1.82, 2.24) is 4.98 Å². The van der Waals surface area contributed by atoms with Crippen molar-refractivity contribution in [3.8, 4) is 0 Å². The van der Waals surface area contributed by atoms with Crippen LogP contribution in [0.5, 0.6) is 0 Å². The number of hydrogen-bond donors (Lipinski definition) is 0. The summed E-state index contributed by atoms with van der Waals surface area (Å²) in [7, 11) is 0. The second-order valence-electron chi connectivity index (χ2n) is 3.11. The minimum absolute atomic E-state index is 0.185. The van der Waals surface area contributed by atoms with Crippen LogP contribution in [-0.4, -0.2) is 4.98 Å². The Morgan fingerprint density at radius 3 is 3.00 bits per heavy atom. The van der Waals surface area contributed by atoms with Crippen molar-refractivity contribution in [2.75, 3.05) is 0 Å². The first-order valence-corrected chi connectivity index (χ1v) is 6.34. The largest absolute Gasteiger partial charge is 0.249 e. The van der Waals surface area contributed by atoms with Gasteiger partial charge in [-0.2, -0.15) is 0 Å². The van der Waals surface area contributed by atoms with Gasteiger partial charge in [-0.15, -0.1) is 23.1 Å². The highest BCUT2D eigenvalue weighted by Gasteiger charge is 2.01. The van der Waals surface area contributed by atoms with Gasteiger partial charge in [0.15, 0.2) is 0 Å². The van der Waals surface area contributed by atoms with Crippen LogP contribution in [0.25, 0.3) is 0 Å². The molecule has 2 rings (SSSR count). The van der Waals surface area contributed by atoms with E-state index in [1.54, 1.807) is 35.2 Å². The van der Waals surface area contributed by atoms with Crippen LogP contribution in [0.4, 0.5) is 4.39 Å². The Bertz CT molecular complexity index is 453. The molecule has 0 bridgehead atoms. The molecule has 0 aliphatic rings. The summed E-state index contributed by atoms with van der Waals surface area (Å²) >= 11 is 3.29. The summed E-state index contributed by atoms with van der Waals surface area (Å²) < 4.78 is 12.9. The van der Waals surface area contributed by atoms with Gasteiger partial charge in [0.2, 0.25) is 0 Å². The molecule has 0 saturated heterocycles. The predicted octanol–water partition coefficient (Wildman–Crippen LogP) is 3.88. The average Bonchev–Trinajstić information content (AvgIpc) is 2.62. The molecule has 78 valence electrons. The Hall–Kier alpha value is -0.870. The highest BCUT2D eigenvalue weighted by molar-refractivity contribution is 7.98. The average molecular weight is 239 g/mol. The summed E-state index contributed by atoms with van der Waals surface area (Å²) in [5, 5.41) is 1.08. The minimum atomic E-state index is -0.185. The SMILES string of the molecule is Cc1cnc(CSc2cccc(F)c2)s1. The topological polar surface area (TPSA) is 12.9 Å². The molecule has 0 N–H and O–H groups in total. The van der Waals surface area contributed by atoms with E-state index in [9.17, 15) is 4.39 Å². The third-order valence-electron chi connectivity index (χ3n) is 1.83. The van der Waals surface area contributed by atoms with Gasteiger partial charge in [-0.3, -0.25) is 0 Å². The molecule has 1 aromatic carbocycles. The Labute approximate surface area is 96.4 Å². The lowest BCUT2D eigenvalue weighted by atomic mass is 10.4. The van der Waals surface area contributed by atoms with E-state index in [0.29, 0.717) is 0 Å². The fourth-order valence-electron chi connectivity index (χ4n) is 1.17. The van der Waals surface area contributed by atoms with Gasteiger partial charge in [0, 0.05) is 16.0 Å². The fraction of sp³-hybridized carbons (Fsp3) is 0.182. The molecule has 15 heavy (non-hydrogen) atoms. The van der Waals surface area contributed by atoms with Crippen LogP contribution in [0.3, 0.4) is 0 Å². The van der Waals surface area contributed by atoms with Crippen LogP contribution in [0.2, 0.25) is 0 Å². The Balaban J connectivity index is 1.99. The van der Waals surface area contributed by atoms with Crippen LogP contribution in [-0.2, 0) is 5.75 Å². The molecular weight excluding hydrogens is 229 g/mol. The number of nitrogens with zero attached hydrogens (tertiary/aromatic N) is 1. The first-order valence-electron chi connectivity index (χ1n) is 4.54. The van der Waals surface area contributed by atoms with Crippen molar-refractivity contribution >= 4 is 23.1 Å². The smallest absolute Gasteiger partial charge is 0.124 e. The van der Waals surface area contributed by atoms with Gasteiger partial charge in [-0.05, 0) is 25.1 Å². The van der Waals surface area contributed by atoms with Crippen molar-refractivity contribution in [2.24, 2.45) is 0 Å². The third kappa shape index (κ3) is 3.04. The van der Waals surface area contributed by atoms with Crippen LogP contribution in [0.15, 0.2) is 35.4 Å². The first-order chi connectivity index (χ1) is 7.24. The second-order valence-corrected chi connectivity index (χ2v) is 5.48. The molecule has 1 aromatic heterocycles. The number of aryl methyl sites for hydroxylation is 1. The normalized spacial score (nSPS) is 10.5. The van der Waals surface area contributed by atoms with Crippen LogP contribution in [0, 0.1) is 12.7 Å². The van der Waals surface area contributed by atoms with Crippen LogP contribution in [0.1, 0.15) is 9.88 Å². The molecule has 0 aliphatic heterocycles. The molecule has 0 amide bonds. The molecule has 1 nitrogen and oxygen atoms in total. The van der Waals surface area contributed by atoms with Crippen molar-refractivity contribution < 1.29 is 4.39 Å². The lowest BCUT2D eigenvalue weighted by Gasteiger charge is -1.98. The van der Waals surface area contributed by atoms with Gasteiger partial charge in [0.25, 0.3) is 0 Å². The van der Waals surface area contributed by atoms with Gasteiger partial charge >= 0.3 is 0 Å². The van der Waals surface area contributed by atoms with E-state index < -0.39 is 0 Å². The van der Waals surface area contributed by atoms with E-state index in [4.69, 9.17) is 0 Å². The summed E-state index contributed by atoms with van der Waals surface area (Å²) in [6, 6.07) is 6.64. The predicted molar refractivity (Wildman–Crippen MR) is 62.8 cm³/mol. The quantitative estimate of drug-likeness (QED) is 0.754. The number of thioether (sulfide) groups is 1. The molecule has 0 atom stereocenters. The fourth-order valence-corrected chi connectivity index (χ4v) is 2.90. The summed E-state index contributed by atoms with van der Waals surface area (Å²) in [4.78, 5) is 6.42. The standard InChI is InChI=1S/C11H10FNS2/c1-8-6-13-11(15-8)7-14-10-4-2-3-9(12)5-10/h2-6H,7H2,1H3. The molecule has 0 aliphatic carbocycles. The summed E-state index contributed by atoms with van der Waals surface area (Å²) in [5.74, 6) is 0.623. The zero-order valence-electron chi connectivity index (χ0n) is 8.24. The lowest BCUT2D eigenvalue weighted by molar-refractivity contribution is 0.624. The molecule has 0 unspecified atom stereocenters. The Kier molecular flexibility index (Phi) is 3.38. The van der Waals surface area contributed by atoms with E-state index in [1.165, 1.54) is 10.9 Å². The van der Waals surface area contributed by atoms with Crippen molar-refractivity contribution in [2.45, 2.75) is 17.6 Å². The van der Waals surface area contributed by atoms with E-state index in [-0.39, 0.29) is 5.82 Å². The molecule has 0 saturated carbocycles. The minimum Gasteiger partial charge on any atom is -0.249 e. The highest BCUT2D eigenvalue weighted by atomic mass is 32.2. The highest BCUT2D eigenvalue weighted by Crippen LogP contribution is 2.25. The van der Waals surface area contributed by atoms with Gasteiger partial charge < -0.3 is 0 Å². The van der Waals surface area contributed by atoms with Crippen LogP contribution >= 0.6 is 23.1 Å². The van der Waals surface area contributed by atoms with Gasteiger partial charge in [0.1, 0.15) is 10.8 Å². The summed E-state index contributed by atoms with van der Waals surface area (Å²) in [6.45, 7) is 2.04. The first kappa shape index (κ1) is 10.6. The zero-order valence-corrected chi connectivity index (χ0v) is 9.87. The lowest BCUT2D eigenvalue weighted by Crippen LogP contribution is -1.79. The van der Waals surface area contributed by atoms with Gasteiger partial charge in [-0.25, -0.2) is 9.37 Å².